The summed E-state index contributed by atoms with van der Waals surface area (Å²) in [7, 11) is 0. The number of rotatable bonds is 1. The number of carbonyl (C=O) groups is 2. The van der Waals surface area contributed by atoms with Crippen molar-refractivity contribution in [3.63, 3.8) is 0 Å². The van der Waals surface area contributed by atoms with Gasteiger partial charge in [-0.15, -0.1) is 0 Å². The average Bonchev–Trinajstić information content (AvgIpc) is 2.79. The molecule has 0 spiro atoms. The van der Waals surface area contributed by atoms with Crippen molar-refractivity contribution >= 4 is 24.4 Å². The van der Waals surface area contributed by atoms with E-state index in [0.29, 0.717) is 24.8 Å². The zero-order valence-corrected chi connectivity index (χ0v) is 24.3. The zero-order valence-electron chi connectivity index (χ0n) is 23.4. The Morgan fingerprint density at radius 2 is 1.68 bits per heavy atom. The van der Waals surface area contributed by atoms with Crippen molar-refractivity contribution in [1.29, 1.82) is 5.26 Å². The average molecular weight is 526 g/mol. The number of carboxylic acids is 1. The van der Waals surface area contributed by atoms with Crippen molar-refractivity contribution in [1.82, 2.24) is 0 Å². The maximum absolute atomic E-state index is 14.3. The van der Waals surface area contributed by atoms with Crippen molar-refractivity contribution < 1.29 is 19.8 Å². The number of fused-ring (bicyclic) bond motifs is 7. The van der Waals surface area contributed by atoms with E-state index in [1.54, 1.807) is 0 Å². The Kier molecular flexibility index (Phi) is 5.57. The number of aliphatic carboxylic acids is 1. The van der Waals surface area contributed by atoms with Crippen LogP contribution >= 0.6 is 12.6 Å². The smallest absolute Gasteiger partial charge is 0.309 e. The molecule has 0 aromatic heterocycles. The second-order valence-electron chi connectivity index (χ2n) is 15.0. The summed E-state index contributed by atoms with van der Waals surface area (Å²) < 4.78 is 0. The zero-order chi connectivity index (χ0) is 27.6. The van der Waals surface area contributed by atoms with Crippen molar-refractivity contribution in [2.75, 3.05) is 0 Å². The number of carboxylic acid groups (broad SMARTS) is 1. The molecule has 8 atom stereocenters. The van der Waals surface area contributed by atoms with Crippen LogP contribution in [0.4, 0.5) is 0 Å². The molecule has 0 amide bonds. The number of nitriles is 1. The fourth-order valence-corrected chi connectivity index (χ4v) is 10.8. The molecule has 0 bridgehead atoms. The van der Waals surface area contributed by atoms with Crippen LogP contribution in [-0.4, -0.2) is 27.2 Å². The van der Waals surface area contributed by atoms with Crippen LogP contribution in [0.2, 0.25) is 0 Å². The third-order valence-corrected chi connectivity index (χ3v) is 13.5. The fraction of sp³-hybridized carbons (Fsp3) is 0.774. The first kappa shape index (κ1) is 26.9. The number of aliphatic hydroxyl groups excluding tert-OH is 1. The Labute approximate surface area is 227 Å². The Morgan fingerprint density at radius 3 is 2.27 bits per heavy atom. The van der Waals surface area contributed by atoms with Crippen molar-refractivity contribution in [3.8, 4) is 6.07 Å². The van der Waals surface area contributed by atoms with Crippen LogP contribution in [0.15, 0.2) is 23.0 Å². The van der Waals surface area contributed by atoms with Gasteiger partial charge in [0.15, 0.2) is 5.78 Å². The van der Waals surface area contributed by atoms with Crippen LogP contribution in [0.5, 0.6) is 0 Å². The summed E-state index contributed by atoms with van der Waals surface area (Å²) in [6.45, 7) is 15.1. The summed E-state index contributed by atoms with van der Waals surface area (Å²) in [5.41, 5.74) is -1.36. The molecule has 37 heavy (non-hydrogen) atoms. The Morgan fingerprint density at radius 1 is 1.05 bits per heavy atom. The van der Waals surface area contributed by atoms with Gasteiger partial charge in [0.25, 0.3) is 0 Å². The highest BCUT2D eigenvalue weighted by Crippen LogP contribution is 2.75. The number of carbonyl (C=O) groups excluding carboxylic acids is 1. The van der Waals surface area contributed by atoms with Crippen LogP contribution < -0.4 is 0 Å². The third kappa shape index (κ3) is 3.04. The van der Waals surface area contributed by atoms with Gasteiger partial charge in [0.05, 0.1) is 17.1 Å². The van der Waals surface area contributed by atoms with Gasteiger partial charge in [-0.05, 0) is 79.1 Å². The molecule has 0 radical (unpaired) electrons. The molecular weight excluding hydrogens is 482 g/mol. The molecule has 0 unspecified atom stereocenters. The van der Waals surface area contributed by atoms with E-state index in [9.17, 15) is 25.1 Å². The SMILES string of the molecule is CC1(C)CC[C@]2(C(=O)O)CC[C@]3(C)[C@H](C(=O)C=C4[C@@]5(C)[C@@H](S)C(C#N)=C(O)C(C)(C)[C@@H]5CC[C@]43C)[C@@H]2C1. The molecule has 5 rings (SSSR count). The highest BCUT2D eigenvalue weighted by molar-refractivity contribution is 7.81. The van der Waals surface area contributed by atoms with E-state index in [4.69, 9.17) is 12.6 Å². The lowest BCUT2D eigenvalue weighted by Gasteiger charge is -2.69. The second kappa shape index (κ2) is 7.68. The van der Waals surface area contributed by atoms with E-state index in [1.165, 1.54) is 0 Å². The normalized spacial score (nSPS) is 48.0. The standard InChI is InChI=1S/C31H43NO4S/c1-26(2)10-12-31(25(35)36)13-11-29(6)22(18(31)15-26)19(33)14-21-28(29,5)9-8-20-27(3,4)23(34)17(16-32)24(37)30(20,21)7/h14,18,20,22,24,34,37H,8-13,15H2,1-7H3,(H,35,36)/t18-,20-,22-,24-,28+,29+,30-,31-/m0/s1. The maximum Gasteiger partial charge on any atom is 0.309 e. The highest BCUT2D eigenvalue weighted by atomic mass is 32.1. The van der Waals surface area contributed by atoms with Gasteiger partial charge in [0, 0.05) is 22.0 Å². The lowest BCUT2D eigenvalue weighted by Crippen LogP contribution is -2.66. The van der Waals surface area contributed by atoms with Gasteiger partial charge in [-0.25, -0.2) is 0 Å². The van der Waals surface area contributed by atoms with E-state index in [-0.39, 0.29) is 45.5 Å². The molecule has 6 heteroatoms. The lowest BCUT2D eigenvalue weighted by molar-refractivity contribution is -0.189. The van der Waals surface area contributed by atoms with Crippen molar-refractivity contribution in [3.05, 3.63) is 23.0 Å². The highest BCUT2D eigenvalue weighted by Gasteiger charge is 2.72. The molecule has 0 aliphatic heterocycles. The summed E-state index contributed by atoms with van der Waals surface area (Å²) in [5.74, 6) is -1.04. The van der Waals surface area contributed by atoms with Gasteiger partial charge in [0.1, 0.15) is 5.76 Å². The Balaban J connectivity index is 1.71. The van der Waals surface area contributed by atoms with E-state index in [2.05, 4.69) is 40.7 Å². The van der Waals surface area contributed by atoms with Crippen LogP contribution in [0.25, 0.3) is 0 Å². The number of aliphatic hydroxyl groups is 1. The molecule has 5 aliphatic rings. The number of hydrogen-bond acceptors (Lipinski definition) is 5. The molecule has 0 heterocycles. The van der Waals surface area contributed by atoms with Crippen molar-refractivity contribution in [2.45, 2.75) is 98.7 Å². The number of allylic oxidation sites excluding steroid dienone is 3. The first-order valence-corrected chi connectivity index (χ1v) is 14.5. The molecular formula is C31H43NO4S. The molecule has 5 nitrogen and oxygen atoms in total. The summed E-state index contributed by atoms with van der Waals surface area (Å²) in [5, 5.41) is 31.1. The quantitative estimate of drug-likeness (QED) is 0.323. The predicted octanol–water partition coefficient (Wildman–Crippen LogP) is 6.91. The van der Waals surface area contributed by atoms with E-state index >= 15 is 0 Å². The van der Waals surface area contributed by atoms with Crippen LogP contribution in [0.1, 0.15) is 93.4 Å². The molecule has 202 valence electrons. The minimum Gasteiger partial charge on any atom is -0.511 e. The largest absolute Gasteiger partial charge is 0.511 e. The fourth-order valence-electron chi connectivity index (χ4n) is 10.3. The summed E-state index contributed by atoms with van der Waals surface area (Å²) in [6.07, 6.45) is 7.14. The monoisotopic (exact) mass is 525 g/mol. The second-order valence-corrected chi connectivity index (χ2v) is 15.5. The Bertz CT molecular complexity index is 1190. The number of thiol groups is 1. The molecule has 0 aromatic carbocycles. The van der Waals surface area contributed by atoms with Gasteiger partial charge in [-0.1, -0.05) is 54.0 Å². The third-order valence-electron chi connectivity index (χ3n) is 12.7. The number of nitrogens with zero attached hydrogens (tertiary/aromatic N) is 1. The maximum atomic E-state index is 14.3. The summed E-state index contributed by atoms with van der Waals surface area (Å²) in [4.78, 5) is 27.2. The minimum atomic E-state index is -0.834. The first-order chi connectivity index (χ1) is 16.9. The molecule has 3 saturated carbocycles. The minimum absolute atomic E-state index is 0.00425. The van der Waals surface area contributed by atoms with Crippen molar-refractivity contribution in [2.24, 2.45) is 50.2 Å². The van der Waals surface area contributed by atoms with Crippen LogP contribution in [-0.2, 0) is 9.59 Å². The van der Waals surface area contributed by atoms with E-state index in [0.717, 1.165) is 31.3 Å². The molecule has 0 saturated heterocycles. The molecule has 3 fully saturated rings. The first-order valence-electron chi connectivity index (χ1n) is 14.0. The lowest BCUT2D eigenvalue weighted by atomic mass is 9.34. The number of hydrogen-bond donors (Lipinski definition) is 3. The van der Waals surface area contributed by atoms with Gasteiger partial charge in [0.2, 0.25) is 0 Å². The van der Waals surface area contributed by atoms with Gasteiger partial charge >= 0.3 is 5.97 Å². The number of ketones is 1. The van der Waals surface area contributed by atoms with Gasteiger partial charge in [-0.2, -0.15) is 17.9 Å². The molecule has 2 N–H and O–H groups in total. The Hall–Kier alpha value is -1.74. The van der Waals surface area contributed by atoms with Gasteiger partial charge < -0.3 is 10.2 Å². The van der Waals surface area contributed by atoms with Crippen LogP contribution in [0.3, 0.4) is 0 Å². The molecule has 5 aliphatic carbocycles. The van der Waals surface area contributed by atoms with Crippen LogP contribution in [0, 0.1) is 61.6 Å². The van der Waals surface area contributed by atoms with E-state index < -0.39 is 27.5 Å². The molecule has 0 aromatic rings. The van der Waals surface area contributed by atoms with Gasteiger partial charge in [-0.3, -0.25) is 9.59 Å². The predicted molar refractivity (Wildman–Crippen MR) is 146 cm³/mol. The van der Waals surface area contributed by atoms with E-state index in [1.807, 2.05) is 19.9 Å². The summed E-state index contributed by atoms with van der Waals surface area (Å²) in [6, 6.07) is 2.24. The topological polar surface area (TPSA) is 98.4 Å². The summed E-state index contributed by atoms with van der Waals surface area (Å²) >= 11 is 4.98.